The Balaban J connectivity index is 1.69. The molecule has 2 aromatic heterocycles. The van der Waals surface area contributed by atoms with Crippen molar-refractivity contribution in [2.75, 3.05) is 19.0 Å². The number of benzene rings is 1. The Hall–Kier alpha value is -2.63. The molecule has 0 aliphatic heterocycles. The third-order valence-corrected chi connectivity index (χ3v) is 3.55. The van der Waals surface area contributed by atoms with Crippen molar-refractivity contribution < 1.29 is 4.74 Å². The Labute approximate surface area is 129 Å². The average molecular weight is 297 g/mol. The highest BCUT2D eigenvalue weighted by Crippen LogP contribution is 2.13. The van der Waals surface area contributed by atoms with Crippen LogP contribution in [0.5, 0.6) is 5.75 Å². The summed E-state index contributed by atoms with van der Waals surface area (Å²) in [6.07, 6.45) is 3.32. The van der Waals surface area contributed by atoms with Gasteiger partial charge in [-0.15, -0.1) is 0 Å². The molecular weight excluding hydrogens is 278 g/mol. The van der Waals surface area contributed by atoms with Crippen LogP contribution in [-0.4, -0.2) is 33.2 Å². The number of nitrogens with zero attached hydrogens (tertiary/aromatic N) is 4. The van der Waals surface area contributed by atoms with Gasteiger partial charge in [-0.25, -0.2) is 4.98 Å². The summed E-state index contributed by atoms with van der Waals surface area (Å²) >= 11 is 0. The standard InChI is InChI=1S/C16H19N5O/c1-3-13-10-15(21-16(20-13)18-11-19-21)17-9-8-12-4-6-14(22-2)7-5-12/h4-7,10-11,17H,3,8-9H2,1-2H3. The number of hydrogen-bond acceptors (Lipinski definition) is 5. The normalized spacial score (nSPS) is 10.8. The Morgan fingerprint density at radius 2 is 2.05 bits per heavy atom. The van der Waals surface area contributed by atoms with Crippen LogP contribution >= 0.6 is 0 Å². The summed E-state index contributed by atoms with van der Waals surface area (Å²) in [6.45, 7) is 2.89. The first-order chi connectivity index (χ1) is 10.8. The number of aryl methyl sites for hydroxylation is 1. The van der Waals surface area contributed by atoms with Crippen molar-refractivity contribution in [2.24, 2.45) is 0 Å². The van der Waals surface area contributed by atoms with Gasteiger partial charge >= 0.3 is 0 Å². The molecule has 0 aliphatic carbocycles. The minimum Gasteiger partial charge on any atom is -0.497 e. The molecule has 0 atom stereocenters. The molecule has 0 unspecified atom stereocenters. The van der Waals surface area contributed by atoms with Crippen LogP contribution in [0.3, 0.4) is 0 Å². The number of nitrogens with one attached hydrogen (secondary N) is 1. The molecule has 6 nitrogen and oxygen atoms in total. The monoisotopic (exact) mass is 297 g/mol. The molecule has 3 rings (SSSR count). The van der Waals surface area contributed by atoms with E-state index in [-0.39, 0.29) is 0 Å². The maximum absolute atomic E-state index is 5.17. The summed E-state index contributed by atoms with van der Waals surface area (Å²) in [7, 11) is 1.68. The Morgan fingerprint density at radius 1 is 1.23 bits per heavy atom. The lowest BCUT2D eigenvalue weighted by molar-refractivity contribution is 0.414. The highest BCUT2D eigenvalue weighted by atomic mass is 16.5. The molecule has 0 fully saturated rings. The fraction of sp³-hybridized carbons (Fsp3) is 0.312. The second-order valence-electron chi connectivity index (χ2n) is 4.98. The molecule has 0 saturated carbocycles. The number of ether oxygens (including phenoxy) is 1. The molecule has 0 amide bonds. The third kappa shape index (κ3) is 3.00. The summed E-state index contributed by atoms with van der Waals surface area (Å²) < 4.78 is 6.90. The van der Waals surface area contributed by atoms with E-state index in [1.165, 1.54) is 11.9 Å². The predicted molar refractivity (Wildman–Crippen MR) is 85.3 cm³/mol. The van der Waals surface area contributed by atoms with E-state index in [4.69, 9.17) is 4.74 Å². The van der Waals surface area contributed by atoms with Gasteiger partial charge in [0.2, 0.25) is 0 Å². The lowest BCUT2D eigenvalue weighted by Gasteiger charge is -2.09. The Bertz CT molecular complexity index is 751. The minimum atomic E-state index is 0.631. The highest BCUT2D eigenvalue weighted by molar-refractivity contribution is 5.45. The summed E-state index contributed by atoms with van der Waals surface area (Å²) in [6, 6.07) is 10.1. The van der Waals surface area contributed by atoms with Gasteiger partial charge in [-0.05, 0) is 30.5 Å². The summed E-state index contributed by atoms with van der Waals surface area (Å²) in [5.41, 5.74) is 2.26. The maximum Gasteiger partial charge on any atom is 0.254 e. The molecule has 3 aromatic rings. The van der Waals surface area contributed by atoms with E-state index < -0.39 is 0 Å². The number of methoxy groups -OCH3 is 1. The fourth-order valence-corrected chi connectivity index (χ4v) is 2.30. The summed E-state index contributed by atoms with van der Waals surface area (Å²) in [4.78, 5) is 8.60. The lowest BCUT2D eigenvalue weighted by atomic mass is 10.1. The molecule has 6 heteroatoms. The molecule has 0 aliphatic rings. The molecule has 0 radical (unpaired) electrons. The smallest absolute Gasteiger partial charge is 0.254 e. The second kappa shape index (κ2) is 6.43. The van der Waals surface area contributed by atoms with Crippen molar-refractivity contribution in [3.63, 3.8) is 0 Å². The molecule has 1 N–H and O–H groups in total. The Morgan fingerprint density at radius 3 is 2.77 bits per heavy atom. The van der Waals surface area contributed by atoms with Crippen LogP contribution in [0, 0.1) is 0 Å². The highest BCUT2D eigenvalue weighted by Gasteiger charge is 2.06. The van der Waals surface area contributed by atoms with Crippen molar-refractivity contribution in [3.05, 3.63) is 47.9 Å². The minimum absolute atomic E-state index is 0.631. The number of anilines is 1. The van der Waals surface area contributed by atoms with Crippen molar-refractivity contribution in [2.45, 2.75) is 19.8 Å². The lowest BCUT2D eigenvalue weighted by Crippen LogP contribution is -2.10. The van der Waals surface area contributed by atoms with E-state index in [9.17, 15) is 0 Å². The van der Waals surface area contributed by atoms with E-state index in [1.807, 2.05) is 18.2 Å². The van der Waals surface area contributed by atoms with Gasteiger partial charge in [0.25, 0.3) is 5.78 Å². The largest absolute Gasteiger partial charge is 0.497 e. The van der Waals surface area contributed by atoms with E-state index in [0.29, 0.717) is 5.78 Å². The first kappa shape index (κ1) is 14.3. The van der Waals surface area contributed by atoms with Crippen LogP contribution < -0.4 is 10.1 Å². The Kier molecular flexibility index (Phi) is 4.18. The van der Waals surface area contributed by atoms with Gasteiger partial charge in [-0.1, -0.05) is 19.1 Å². The van der Waals surface area contributed by atoms with E-state index >= 15 is 0 Å². The van der Waals surface area contributed by atoms with E-state index in [1.54, 1.807) is 11.6 Å². The van der Waals surface area contributed by atoms with Crippen molar-refractivity contribution >= 4 is 11.6 Å². The average Bonchev–Trinajstić information content (AvgIpc) is 3.04. The first-order valence-corrected chi connectivity index (χ1v) is 7.36. The van der Waals surface area contributed by atoms with E-state index in [2.05, 4.69) is 39.4 Å². The van der Waals surface area contributed by atoms with Crippen molar-refractivity contribution in [3.8, 4) is 5.75 Å². The fourth-order valence-electron chi connectivity index (χ4n) is 2.30. The third-order valence-electron chi connectivity index (χ3n) is 3.55. The zero-order valence-corrected chi connectivity index (χ0v) is 12.8. The van der Waals surface area contributed by atoms with Crippen LogP contribution in [0.15, 0.2) is 36.7 Å². The van der Waals surface area contributed by atoms with Gasteiger partial charge in [0.15, 0.2) is 0 Å². The van der Waals surface area contributed by atoms with Crippen LogP contribution in [0.1, 0.15) is 18.2 Å². The molecule has 0 bridgehead atoms. The number of aromatic nitrogens is 4. The number of rotatable bonds is 6. The van der Waals surface area contributed by atoms with Crippen LogP contribution in [-0.2, 0) is 12.8 Å². The van der Waals surface area contributed by atoms with Gasteiger partial charge in [-0.3, -0.25) is 0 Å². The summed E-state index contributed by atoms with van der Waals surface area (Å²) in [5, 5.41) is 7.62. The zero-order chi connectivity index (χ0) is 15.4. The maximum atomic E-state index is 5.17. The molecule has 0 spiro atoms. The molecule has 22 heavy (non-hydrogen) atoms. The van der Waals surface area contributed by atoms with Gasteiger partial charge in [0, 0.05) is 18.3 Å². The zero-order valence-electron chi connectivity index (χ0n) is 12.8. The quantitative estimate of drug-likeness (QED) is 0.756. The number of hydrogen-bond donors (Lipinski definition) is 1. The topological polar surface area (TPSA) is 64.3 Å². The van der Waals surface area contributed by atoms with Gasteiger partial charge in [0.1, 0.15) is 17.9 Å². The molecule has 2 heterocycles. The van der Waals surface area contributed by atoms with Crippen molar-refractivity contribution in [1.29, 1.82) is 0 Å². The molecule has 1 aromatic carbocycles. The summed E-state index contributed by atoms with van der Waals surface area (Å²) in [5.74, 6) is 2.43. The predicted octanol–water partition coefficient (Wildman–Crippen LogP) is 2.35. The van der Waals surface area contributed by atoms with Crippen LogP contribution in [0.4, 0.5) is 5.82 Å². The number of fused-ring (bicyclic) bond motifs is 1. The van der Waals surface area contributed by atoms with Crippen LogP contribution in [0.2, 0.25) is 0 Å². The van der Waals surface area contributed by atoms with Gasteiger partial charge < -0.3 is 10.1 Å². The molecule has 114 valence electrons. The van der Waals surface area contributed by atoms with E-state index in [0.717, 1.165) is 36.6 Å². The van der Waals surface area contributed by atoms with Gasteiger partial charge in [0.05, 0.1) is 7.11 Å². The van der Waals surface area contributed by atoms with Crippen molar-refractivity contribution in [1.82, 2.24) is 19.6 Å². The van der Waals surface area contributed by atoms with Crippen LogP contribution in [0.25, 0.3) is 5.78 Å². The second-order valence-corrected chi connectivity index (χ2v) is 4.98. The first-order valence-electron chi connectivity index (χ1n) is 7.36. The molecule has 0 saturated heterocycles. The SMILES string of the molecule is CCc1cc(NCCc2ccc(OC)cc2)n2ncnc2n1. The van der Waals surface area contributed by atoms with Gasteiger partial charge in [-0.2, -0.15) is 14.6 Å². The molecular formula is C16H19N5O.